The predicted molar refractivity (Wildman–Crippen MR) is 97.0 cm³/mol. The molecular formula is C17H14N6S. The van der Waals surface area contributed by atoms with Crippen LogP contribution in [-0.2, 0) is 6.54 Å². The normalized spacial score (nSPS) is 11.3. The highest BCUT2D eigenvalue weighted by molar-refractivity contribution is 7.11. The Balaban J connectivity index is 1.62. The minimum atomic E-state index is 0.522. The van der Waals surface area contributed by atoms with Gasteiger partial charge in [-0.2, -0.15) is 15.1 Å². The van der Waals surface area contributed by atoms with Gasteiger partial charge in [0.25, 0.3) is 0 Å². The van der Waals surface area contributed by atoms with Crippen LogP contribution >= 0.6 is 11.3 Å². The van der Waals surface area contributed by atoms with Crippen molar-refractivity contribution in [2.24, 2.45) is 4.99 Å². The van der Waals surface area contributed by atoms with Crippen LogP contribution in [0.1, 0.15) is 10.4 Å². The molecule has 4 rings (SSSR count). The molecule has 0 amide bonds. The molecule has 0 aliphatic heterocycles. The quantitative estimate of drug-likeness (QED) is 0.544. The van der Waals surface area contributed by atoms with Gasteiger partial charge in [0.1, 0.15) is 0 Å². The maximum atomic E-state index is 4.51. The summed E-state index contributed by atoms with van der Waals surface area (Å²) in [5, 5.41) is 13.0. The van der Waals surface area contributed by atoms with Gasteiger partial charge in [-0.1, -0.05) is 36.4 Å². The van der Waals surface area contributed by atoms with Crippen LogP contribution in [0, 0.1) is 0 Å². The molecule has 24 heavy (non-hydrogen) atoms. The lowest BCUT2D eigenvalue weighted by Crippen LogP contribution is -2.03. The molecule has 0 saturated carbocycles. The van der Waals surface area contributed by atoms with Gasteiger partial charge in [-0.25, -0.2) is 4.99 Å². The van der Waals surface area contributed by atoms with E-state index < -0.39 is 0 Å². The number of fused-ring (bicyclic) bond motifs is 1. The summed E-state index contributed by atoms with van der Waals surface area (Å²) < 4.78 is 0. The molecule has 0 aliphatic carbocycles. The molecular weight excluding hydrogens is 320 g/mol. The molecule has 3 aromatic heterocycles. The van der Waals surface area contributed by atoms with Gasteiger partial charge < -0.3 is 5.32 Å². The van der Waals surface area contributed by atoms with Gasteiger partial charge in [-0.15, -0.1) is 11.3 Å². The number of aliphatic imine (C=N–C) groups is 1. The molecule has 1 aromatic carbocycles. The van der Waals surface area contributed by atoms with Crippen molar-refractivity contribution < 1.29 is 0 Å². The lowest BCUT2D eigenvalue weighted by atomic mass is 10.2. The van der Waals surface area contributed by atoms with E-state index in [-0.39, 0.29) is 0 Å². The van der Waals surface area contributed by atoms with Gasteiger partial charge in [0.15, 0.2) is 11.5 Å². The van der Waals surface area contributed by atoms with Gasteiger partial charge in [-0.3, -0.25) is 5.10 Å². The Bertz CT molecular complexity index is 959. The highest BCUT2D eigenvalue weighted by Gasteiger charge is 2.08. The summed E-state index contributed by atoms with van der Waals surface area (Å²) in [5.41, 5.74) is 1.83. The number of hydrogen-bond acceptors (Lipinski definition) is 6. The van der Waals surface area contributed by atoms with Crippen molar-refractivity contribution in [1.82, 2.24) is 20.2 Å². The number of aromatic amines is 1. The minimum Gasteiger partial charge on any atom is -0.350 e. The number of benzene rings is 1. The highest BCUT2D eigenvalue weighted by atomic mass is 32.1. The molecule has 0 aliphatic rings. The third-order valence-corrected chi connectivity index (χ3v) is 4.25. The topological polar surface area (TPSA) is 78.9 Å². The summed E-state index contributed by atoms with van der Waals surface area (Å²) in [6.45, 7) is 0.647. The van der Waals surface area contributed by atoms with Crippen molar-refractivity contribution in [3.8, 4) is 0 Å². The first-order valence-electron chi connectivity index (χ1n) is 7.45. The van der Waals surface area contributed by atoms with Crippen LogP contribution in [0.4, 0.5) is 11.8 Å². The summed E-state index contributed by atoms with van der Waals surface area (Å²) in [5.74, 6) is 1.12. The number of rotatable bonds is 5. The van der Waals surface area contributed by atoms with Crippen LogP contribution in [-0.4, -0.2) is 26.4 Å². The van der Waals surface area contributed by atoms with E-state index in [2.05, 4.69) is 42.6 Å². The van der Waals surface area contributed by atoms with E-state index in [1.807, 2.05) is 35.7 Å². The number of aromatic nitrogens is 4. The maximum Gasteiger partial charge on any atom is 0.227 e. The molecule has 6 nitrogen and oxygen atoms in total. The molecule has 0 fully saturated rings. The zero-order valence-corrected chi connectivity index (χ0v) is 13.5. The van der Waals surface area contributed by atoms with Gasteiger partial charge in [0, 0.05) is 17.6 Å². The Kier molecular flexibility index (Phi) is 3.99. The van der Waals surface area contributed by atoms with Gasteiger partial charge >= 0.3 is 0 Å². The SMILES string of the molecule is C(=Nc1nc(NCc2ccccc2)nc2[nH]ncc12)c1cccs1. The van der Waals surface area contributed by atoms with Crippen LogP contribution in [0.3, 0.4) is 0 Å². The Morgan fingerprint density at radius 1 is 1.12 bits per heavy atom. The first-order chi connectivity index (χ1) is 11.9. The maximum absolute atomic E-state index is 4.51. The molecule has 0 spiro atoms. The van der Waals surface area contributed by atoms with Gasteiger partial charge in [0.05, 0.1) is 11.6 Å². The number of hydrogen-bond donors (Lipinski definition) is 2. The molecule has 0 unspecified atom stereocenters. The summed E-state index contributed by atoms with van der Waals surface area (Å²) in [4.78, 5) is 14.5. The standard InChI is InChI=1S/C17H14N6S/c1-2-5-12(6-3-1)9-19-17-21-15(14-11-20-23-16(14)22-17)18-10-13-7-4-8-24-13/h1-8,10-11H,9H2,(H2,19,20,21,22,23). The van der Waals surface area contributed by atoms with Crippen LogP contribution < -0.4 is 5.32 Å². The fourth-order valence-corrected chi connectivity index (χ4v) is 2.85. The Morgan fingerprint density at radius 3 is 2.88 bits per heavy atom. The molecule has 0 atom stereocenters. The molecule has 0 saturated heterocycles. The van der Waals surface area contributed by atoms with Crippen molar-refractivity contribution in [2.75, 3.05) is 5.32 Å². The molecule has 3 heterocycles. The molecule has 4 aromatic rings. The summed E-state index contributed by atoms with van der Waals surface area (Å²) in [6.07, 6.45) is 3.50. The zero-order valence-electron chi connectivity index (χ0n) is 12.7. The average molecular weight is 334 g/mol. The van der Waals surface area contributed by atoms with Gasteiger partial charge in [-0.05, 0) is 17.0 Å². The van der Waals surface area contributed by atoms with E-state index in [0.717, 1.165) is 15.8 Å². The minimum absolute atomic E-state index is 0.522. The highest BCUT2D eigenvalue weighted by Crippen LogP contribution is 2.23. The number of nitrogens with one attached hydrogen (secondary N) is 2. The number of H-pyrrole nitrogens is 1. The van der Waals surface area contributed by atoms with E-state index in [1.54, 1.807) is 23.7 Å². The third-order valence-electron chi connectivity index (χ3n) is 3.44. The van der Waals surface area contributed by atoms with Crippen molar-refractivity contribution in [3.05, 3.63) is 64.5 Å². The number of thiophene rings is 1. The van der Waals surface area contributed by atoms with Crippen LogP contribution in [0.25, 0.3) is 11.0 Å². The fourth-order valence-electron chi connectivity index (χ4n) is 2.26. The number of nitrogens with zero attached hydrogens (tertiary/aromatic N) is 4. The third kappa shape index (κ3) is 3.16. The monoisotopic (exact) mass is 334 g/mol. The summed E-state index contributed by atoms with van der Waals surface area (Å²) in [6, 6.07) is 14.1. The van der Waals surface area contributed by atoms with Crippen LogP contribution in [0.2, 0.25) is 0 Å². The summed E-state index contributed by atoms with van der Waals surface area (Å²) >= 11 is 1.63. The van der Waals surface area contributed by atoms with Crippen molar-refractivity contribution in [1.29, 1.82) is 0 Å². The lowest BCUT2D eigenvalue weighted by molar-refractivity contribution is 1.05. The zero-order chi connectivity index (χ0) is 16.2. The smallest absolute Gasteiger partial charge is 0.227 e. The molecule has 2 N–H and O–H groups in total. The molecule has 0 bridgehead atoms. The van der Waals surface area contributed by atoms with Crippen LogP contribution in [0.5, 0.6) is 0 Å². The second-order valence-corrected chi connectivity index (χ2v) is 6.10. The van der Waals surface area contributed by atoms with E-state index >= 15 is 0 Å². The van der Waals surface area contributed by atoms with E-state index in [9.17, 15) is 0 Å². The van der Waals surface area contributed by atoms with Crippen LogP contribution in [0.15, 0.2) is 59.0 Å². The lowest BCUT2D eigenvalue weighted by Gasteiger charge is -2.05. The Labute approximate surface area is 142 Å². The largest absolute Gasteiger partial charge is 0.350 e. The number of anilines is 1. The van der Waals surface area contributed by atoms with Gasteiger partial charge in [0.2, 0.25) is 5.95 Å². The molecule has 7 heteroatoms. The Hall–Kier alpha value is -3.06. The first-order valence-corrected chi connectivity index (χ1v) is 8.33. The molecule has 118 valence electrons. The van der Waals surface area contributed by atoms with Crippen molar-refractivity contribution in [3.63, 3.8) is 0 Å². The van der Waals surface area contributed by atoms with Crippen molar-refractivity contribution in [2.45, 2.75) is 6.54 Å². The van der Waals surface area contributed by atoms with E-state index in [0.29, 0.717) is 24.0 Å². The molecule has 0 radical (unpaired) electrons. The predicted octanol–water partition coefficient (Wildman–Crippen LogP) is 3.78. The Morgan fingerprint density at radius 2 is 2.04 bits per heavy atom. The first kappa shape index (κ1) is 14.5. The van der Waals surface area contributed by atoms with E-state index in [4.69, 9.17) is 0 Å². The average Bonchev–Trinajstić information content (AvgIpc) is 3.30. The summed E-state index contributed by atoms with van der Waals surface area (Å²) in [7, 11) is 0. The second-order valence-electron chi connectivity index (χ2n) is 5.12. The van der Waals surface area contributed by atoms with E-state index in [1.165, 1.54) is 0 Å². The second kappa shape index (κ2) is 6.59. The van der Waals surface area contributed by atoms with Crippen molar-refractivity contribution >= 4 is 40.4 Å². The fraction of sp³-hybridized carbons (Fsp3) is 0.0588.